The van der Waals surface area contributed by atoms with Crippen molar-refractivity contribution in [3.8, 4) is 0 Å². The average molecular weight is 302 g/mol. The molecule has 2 nitrogen and oxygen atoms in total. The van der Waals surface area contributed by atoms with E-state index in [2.05, 4.69) is 48.6 Å². The zero-order valence-electron chi connectivity index (χ0n) is 12.7. The zero-order chi connectivity index (χ0) is 15.8. The van der Waals surface area contributed by atoms with Crippen molar-refractivity contribution in [3.63, 3.8) is 0 Å². The first-order valence-electron chi connectivity index (χ1n) is 7.87. The van der Waals surface area contributed by atoms with Crippen LogP contribution in [-0.4, -0.2) is 16.5 Å². The number of hydrogen-bond acceptors (Lipinski definition) is 2. The lowest BCUT2D eigenvalue weighted by Crippen LogP contribution is -2.14. The second kappa shape index (κ2) is 5.65. The van der Waals surface area contributed by atoms with E-state index in [4.69, 9.17) is 0 Å². The maximum absolute atomic E-state index is 9.42. The van der Waals surface area contributed by atoms with Gasteiger partial charge in [0.25, 0.3) is 0 Å². The smallest absolute Gasteiger partial charge is 0.161 e. The number of benzene rings is 2. The molecule has 0 aromatic heterocycles. The monoisotopic (exact) mass is 302 g/mol. The highest BCUT2D eigenvalue weighted by molar-refractivity contribution is 5.90. The van der Waals surface area contributed by atoms with Crippen molar-refractivity contribution in [2.24, 2.45) is 0 Å². The minimum Gasteiger partial charge on any atom is -0.367 e. The minimum absolute atomic E-state index is 0.313. The summed E-state index contributed by atoms with van der Waals surface area (Å²) in [6, 6.07) is 16.6. The number of rotatable bonds is 3. The second-order valence-electron chi connectivity index (χ2n) is 6.04. The van der Waals surface area contributed by atoms with E-state index in [-0.39, 0.29) is 5.92 Å². The van der Waals surface area contributed by atoms with Crippen molar-refractivity contribution in [2.75, 3.05) is 0 Å². The summed E-state index contributed by atoms with van der Waals surface area (Å²) in [4.78, 5) is 0. The van der Waals surface area contributed by atoms with Crippen LogP contribution in [0.1, 0.15) is 34.6 Å². The Hall–Kier alpha value is -2.42. The van der Waals surface area contributed by atoms with Crippen LogP contribution in [0, 0.1) is 0 Å². The van der Waals surface area contributed by atoms with Gasteiger partial charge in [-0.3, -0.25) is 0 Å². The fourth-order valence-corrected chi connectivity index (χ4v) is 3.35. The number of aliphatic hydroxyl groups is 2. The van der Waals surface area contributed by atoms with Crippen molar-refractivity contribution >= 4 is 17.2 Å². The molecular formula is C21H18O2. The molecule has 2 N–H and O–H groups in total. The number of allylic oxidation sites excluding steroid dienone is 4. The topological polar surface area (TPSA) is 40.5 Å². The van der Waals surface area contributed by atoms with Crippen LogP contribution in [0.2, 0.25) is 0 Å². The van der Waals surface area contributed by atoms with Gasteiger partial charge in [0, 0.05) is 0 Å². The molecule has 2 aliphatic rings. The molecule has 2 aromatic rings. The first-order chi connectivity index (χ1) is 11.2. The van der Waals surface area contributed by atoms with E-state index in [0.717, 1.165) is 17.5 Å². The van der Waals surface area contributed by atoms with Crippen molar-refractivity contribution in [3.05, 3.63) is 89.0 Å². The molecule has 114 valence electrons. The van der Waals surface area contributed by atoms with Crippen molar-refractivity contribution in [2.45, 2.75) is 18.6 Å². The van der Waals surface area contributed by atoms with Crippen LogP contribution in [0.4, 0.5) is 0 Å². The Morgan fingerprint density at radius 3 is 2.57 bits per heavy atom. The van der Waals surface area contributed by atoms with Crippen LogP contribution in [0.3, 0.4) is 0 Å². The lowest BCUT2D eigenvalue weighted by Gasteiger charge is -2.13. The molecule has 2 aliphatic carbocycles. The predicted octanol–water partition coefficient (Wildman–Crippen LogP) is 3.98. The van der Waals surface area contributed by atoms with E-state index in [0.29, 0.717) is 0 Å². The first-order valence-corrected chi connectivity index (χ1v) is 7.87. The Labute approximate surface area is 135 Å². The van der Waals surface area contributed by atoms with Gasteiger partial charge in [-0.25, -0.2) is 0 Å². The standard InChI is InChI=1S/C21H18O2/c22-21(23)20-11-9-18-13-17(8-10-19(18)20)16-7-6-15(12-16)14-4-2-1-3-5-14/h1-5,7-13,20-23H,6H2. The van der Waals surface area contributed by atoms with Gasteiger partial charge in [0.05, 0.1) is 5.92 Å². The molecule has 0 saturated carbocycles. The lowest BCUT2D eigenvalue weighted by molar-refractivity contribution is -0.0490. The van der Waals surface area contributed by atoms with Crippen LogP contribution < -0.4 is 0 Å². The molecule has 0 spiro atoms. The maximum Gasteiger partial charge on any atom is 0.161 e. The Morgan fingerprint density at radius 2 is 1.78 bits per heavy atom. The fourth-order valence-electron chi connectivity index (χ4n) is 3.35. The minimum atomic E-state index is -1.34. The predicted molar refractivity (Wildman–Crippen MR) is 93.5 cm³/mol. The molecule has 2 heteroatoms. The molecule has 0 amide bonds. The van der Waals surface area contributed by atoms with E-state index in [1.54, 1.807) is 0 Å². The van der Waals surface area contributed by atoms with Crippen LogP contribution >= 0.6 is 0 Å². The Morgan fingerprint density at radius 1 is 0.957 bits per heavy atom. The van der Waals surface area contributed by atoms with E-state index in [1.165, 1.54) is 22.3 Å². The van der Waals surface area contributed by atoms with Crippen LogP contribution in [-0.2, 0) is 0 Å². The normalized spacial score (nSPS) is 19.0. The second-order valence-corrected chi connectivity index (χ2v) is 6.04. The van der Waals surface area contributed by atoms with Gasteiger partial charge in [0.2, 0.25) is 0 Å². The van der Waals surface area contributed by atoms with E-state index >= 15 is 0 Å². The Bertz CT molecular complexity index is 826. The zero-order valence-corrected chi connectivity index (χ0v) is 12.7. The maximum atomic E-state index is 9.42. The van der Waals surface area contributed by atoms with Gasteiger partial charge in [0.15, 0.2) is 6.29 Å². The molecule has 23 heavy (non-hydrogen) atoms. The van der Waals surface area contributed by atoms with Crippen LogP contribution in [0.15, 0.2) is 66.8 Å². The Kier molecular flexibility index (Phi) is 3.49. The van der Waals surface area contributed by atoms with Gasteiger partial charge in [-0.05, 0) is 45.9 Å². The summed E-state index contributed by atoms with van der Waals surface area (Å²) in [6.07, 6.45) is 7.93. The molecule has 0 radical (unpaired) electrons. The molecule has 0 saturated heterocycles. The lowest BCUT2D eigenvalue weighted by atomic mass is 9.96. The van der Waals surface area contributed by atoms with Crippen LogP contribution in [0.5, 0.6) is 0 Å². The third-order valence-corrected chi connectivity index (χ3v) is 4.60. The number of aliphatic hydroxyl groups excluding tert-OH is 1. The molecule has 0 bridgehead atoms. The summed E-state index contributed by atoms with van der Waals surface area (Å²) in [6.45, 7) is 0. The molecule has 4 rings (SSSR count). The van der Waals surface area contributed by atoms with Gasteiger partial charge < -0.3 is 10.2 Å². The molecule has 2 aromatic carbocycles. The summed E-state index contributed by atoms with van der Waals surface area (Å²) in [5.41, 5.74) is 7.06. The third kappa shape index (κ3) is 2.56. The number of fused-ring (bicyclic) bond motifs is 1. The van der Waals surface area contributed by atoms with Gasteiger partial charge in [-0.1, -0.05) is 66.8 Å². The Balaban J connectivity index is 1.63. The van der Waals surface area contributed by atoms with Crippen LogP contribution in [0.25, 0.3) is 17.2 Å². The van der Waals surface area contributed by atoms with Crippen molar-refractivity contribution in [1.82, 2.24) is 0 Å². The highest BCUT2D eigenvalue weighted by atomic mass is 16.5. The van der Waals surface area contributed by atoms with Gasteiger partial charge in [-0.2, -0.15) is 0 Å². The summed E-state index contributed by atoms with van der Waals surface area (Å²) in [5, 5.41) is 18.8. The van der Waals surface area contributed by atoms with E-state index in [1.807, 2.05) is 24.3 Å². The van der Waals surface area contributed by atoms with Crippen molar-refractivity contribution < 1.29 is 10.2 Å². The van der Waals surface area contributed by atoms with Crippen molar-refractivity contribution in [1.29, 1.82) is 0 Å². The SMILES string of the molecule is OC(O)C1C=Cc2cc(C3=CCC(c4ccccc4)=C3)ccc21. The average Bonchev–Trinajstić information content (AvgIpc) is 3.22. The molecule has 0 aliphatic heterocycles. The molecule has 0 fully saturated rings. The highest BCUT2D eigenvalue weighted by Gasteiger charge is 2.23. The largest absolute Gasteiger partial charge is 0.367 e. The molecule has 1 unspecified atom stereocenters. The van der Waals surface area contributed by atoms with Gasteiger partial charge in [0.1, 0.15) is 0 Å². The number of hydrogen-bond donors (Lipinski definition) is 2. The quantitative estimate of drug-likeness (QED) is 0.842. The summed E-state index contributed by atoms with van der Waals surface area (Å²) in [5.74, 6) is -0.313. The molecule has 0 heterocycles. The molecular weight excluding hydrogens is 284 g/mol. The first kappa shape index (κ1) is 14.2. The summed E-state index contributed by atoms with van der Waals surface area (Å²) < 4.78 is 0. The van der Waals surface area contributed by atoms with E-state index < -0.39 is 6.29 Å². The summed E-state index contributed by atoms with van der Waals surface area (Å²) in [7, 11) is 0. The molecule has 1 atom stereocenters. The van der Waals surface area contributed by atoms with E-state index in [9.17, 15) is 10.2 Å². The van der Waals surface area contributed by atoms with Gasteiger partial charge >= 0.3 is 0 Å². The third-order valence-electron chi connectivity index (χ3n) is 4.60. The fraction of sp³-hybridized carbons (Fsp3) is 0.143. The highest BCUT2D eigenvalue weighted by Crippen LogP contribution is 2.36. The van der Waals surface area contributed by atoms with Gasteiger partial charge in [-0.15, -0.1) is 0 Å². The summed E-state index contributed by atoms with van der Waals surface area (Å²) >= 11 is 0.